The van der Waals surface area contributed by atoms with Crippen LogP contribution in [0.25, 0.3) is 0 Å². The highest BCUT2D eigenvalue weighted by Gasteiger charge is 2.41. The predicted molar refractivity (Wildman–Crippen MR) is 121 cm³/mol. The van der Waals surface area contributed by atoms with Gasteiger partial charge in [-0.3, -0.25) is 4.99 Å². The van der Waals surface area contributed by atoms with E-state index in [9.17, 15) is 5.11 Å². The van der Waals surface area contributed by atoms with Crippen LogP contribution in [0.3, 0.4) is 0 Å². The van der Waals surface area contributed by atoms with Crippen LogP contribution in [0.4, 0.5) is 0 Å². The third kappa shape index (κ3) is 7.73. The second-order valence-electron chi connectivity index (χ2n) is 6.80. The molecule has 154 valence electrons. The molecule has 1 aliphatic rings. The molecular weight excluding hydrogens is 457 g/mol. The van der Waals surface area contributed by atoms with Gasteiger partial charge >= 0.3 is 0 Å². The largest absolute Gasteiger partial charge is 0.493 e. The fraction of sp³-hybridized carbons (Fsp3) is 0.650. The minimum absolute atomic E-state index is 0. The highest BCUT2D eigenvalue weighted by atomic mass is 127. The summed E-state index contributed by atoms with van der Waals surface area (Å²) >= 11 is 0. The lowest BCUT2D eigenvalue weighted by atomic mass is 10.1. The summed E-state index contributed by atoms with van der Waals surface area (Å²) in [6.45, 7) is 7.24. The van der Waals surface area contributed by atoms with E-state index in [0.717, 1.165) is 56.2 Å². The van der Waals surface area contributed by atoms with Gasteiger partial charge in [-0.25, -0.2) is 0 Å². The van der Waals surface area contributed by atoms with E-state index in [1.165, 1.54) is 5.56 Å². The van der Waals surface area contributed by atoms with Crippen molar-refractivity contribution in [3.05, 3.63) is 23.8 Å². The maximum absolute atomic E-state index is 9.41. The molecule has 1 aliphatic carbocycles. The Morgan fingerprint density at radius 3 is 2.59 bits per heavy atom. The molecule has 6 nitrogen and oxygen atoms in total. The average Bonchev–Trinajstić information content (AvgIpc) is 3.44. The molecule has 2 rings (SSSR count). The van der Waals surface area contributed by atoms with Crippen LogP contribution in [-0.2, 0) is 6.42 Å². The maximum Gasteiger partial charge on any atom is 0.191 e. The third-order valence-electron chi connectivity index (χ3n) is 4.67. The number of benzene rings is 1. The number of aliphatic imine (C=N–C) groups is 1. The van der Waals surface area contributed by atoms with Crippen molar-refractivity contribution in [1.82, 2.24) is 10.6 Å². The molecule has 3 N–H and O–H groups in total. The van der Waals surface area contributed by atoms with Gasteiger partial charge in [-0.05, 0) is 57.2 Å². The monoisotopic (exact) mass is 491 g/mol. The Kier molecular flexibility index (Phi) is 10.8. The fourth-order valence-electron chi connectivity index (χ4n) is 2.78. The van der Waals surface area contributed by atoms with Crippen LogP contribution in [0.5, 0.6) is 11.5 Å². The van der Waals surface area contributed by atoms with Crippen LogP contribution in [0.2, 0.25) is 0 Å². The number of aliphatic hydroxyl groups is 1. The van der Waals surface area contributed by atoms with Crippen molar-refractivity contribution in [2.45, 2.75) is 39.5 Å². The lowest BCUT2D eigenvalue weighted by Crippen LogP contribution is -2.38. The van der Waals surface area contributed by atoms with Gasteiger partial charge in [-0.2, -0.15) is 0 Å². The Labute approximate surface area is 180 Å². The van der Waals surface area contributed by atoms with Gasteiger partial charge in [0.05, 0.1) is 26.9 Å². The molecule has 27 heavy (non-hydrogen) atoms. The lowest BCUT2D eigenvalue weighted by molar-refractivity contribution is 0.217. The summed E-state index contributed by atoms with van der Waals surface area (Å²) in [5, 5.41) is 16.1. The molecule has 1 aromatic carbocycles. The molecule has 1 fully saturated rings. The van der Waals surface area contributed by atoms with Gasteiger partial charge in [0, 0.05) is 18.5 Å². The van der Waals surface area contributed by atoms with Crippen molar-refractivity contribution >= 4 is 29.9 Å². The van der Waals surface area contributed by atoms with E-state index < -0.39 is 0 Å². The van der Waals surface area contributed by atoms with Crippen LogP contribution >= 0.6 is 24.0 Å². The first-order valence-electron chi connectivity index (χ1n) is 9.59. The molecule has 0 aromatic heterocycles. The molecule has 0 unspecified atom stereocenters. The average molecular weight is 491 g/mol. The van der Waals surface area contributed by atoms with Crippen LogP contribution in [-0.4, -0.2) is 51.0 Å². The molecule has 0 spiro atoms. The van der Waals surface area contributed by atoms with Gasteiger partial charge in [-0.15, -0.1) is 24.0 Å². The molecule has 0 aliphatic heterocycles. The first-order chi connectivity index (χ1) is 12.7. The molecule has 1 saturated carbocycles. The summed E-state index contributed by atoms with van der Waals surface area (Å²) in [5.41, 5.74) is 1.27. The fourth-order valence-corrected chi connectivity index (χ4v) is 2.78. The molecule has 7 heteroatoms. The molecule has 0 bridgehead atoms. The second kappa shape index (κ2) is 12.3. The van der Waals surface area contributed by atoms with Crippen molar-refractivity contribution in [3.63, 3.8) is 0 Å². The quantitative estimate of drug-likeness (QED) is 0.192. The van der Waals surface area contributed by atoms with Crippen LogP contribution < -0.4 is 20.1 Å². The summed E-state index contributed by atoms with van der Waals surface area (Å²) in [6, 6.07) is 6.10. The maximum atomic E-state index is 9.41. The van der Waals surface area contributed by atoms with Gasteiger partial charge in [0.2, 0.25) is 0 Å². The zero-order chi connectivity index (χ0) is 18.8. The molecule has 0 atom stereocenters. The molecule has 0 amide bonds. The molecule has 0 heterocycles. The highest BCUT2D eigenvalue weighted by Crippen LogP contribution is 2.45. The van der Waals surface area contributed by atoms with E-state index in [2.05, 4.69) is 34.7 Å². The minimum atomic E-state index is 0. The summed E-state index contributed by atoms with van der Waals surface area (Å²) in [5.74, 6) is 2.40. The van der Waals surface area contributed by atoms with Crippen molar-refractivity contribution in [1.29, 1.82) is 0 Å². The number of halogens is 1. The number of guanidine groups is 1. The van der Waals surface area contributed by atoms with Gasteiger partial charge < -0.3 is 25.2 Å². The summed E-state index contributed by atoms with van der Waals surface area (Å²) < 4.78 is 11.0. The molecule has 0 radical (unpaired) electrons. The Bertz CT molecular complexity index is 592. The van der Waals surface area contributed by atoms with Gasteiger partial charge in [0.25, 0.3) is 0 Å². The summed E-state index contributed by atoms with van der Waals surface area (Å²) in [6.07, 6.45) is 4.10. The number of methoxy groups -OCH3 is 1. The van der Waals surface area contributed by atoms with E-state index >= 15 is 0 Å². The number of nitrogens with one attached hydrogen (secondary N) is 2. The summed E-state index contributed by atoms with van der Waals surface area (Å²) in [7, 11) is 1.66. The number of nitrogens with zero attached hydrogens (tertiary/aromatic N) is 1. The van der Waals surface area contributed by atoms with Crippen LogP contribution in [0.15, 0.2) is 23.2 Å². The van der Waals surface area contributed by atoms with Crippen LogP contribution in [0.1, 0.15) is 38.7 Å². The normalized spacial score (nSPS) is 14.9. The van der Waals surface area contributed by atoms with Crippen molar-refractivity contribution in [2.75, 3.05) is 40.0 Å². The first kappa shape index (κ1) is 23.8. The van der Waals surface area contributed by atoms with Gasteiger partial charge in [-0.1, -0.05) is 6.07 Å². The zero-order valence-electron chi connectivity index (χ0n) is 16.7. The van der Waals surface area contributed by atoms with E-state index in [1.54, 1.807) is 7.11 Å². The number of aliphatic hydroxyl groups excluding tert-OH is 1. The standard InChI is InChI=1S/C20H33N3O3.HI/c1-4-21-19(23-14-20(15-24)10-11-20)22-12-6-7-16-8-9-17(25-3)18(13-16)26-5-2;/h8-9,13,24H,4-7,10-12,14-15H2,1-3H3,(H2,21,22,23);1H. The van der Waals surface area contributed by atoms with Crippen molar-refractivity contribution in [2.24, 2.45) is 10.4 Å². The number of hydrogen-bond donors (Lipinski definition) is 3. The Balaban J connectivity index is 0.00000364. The topological polar surface area (TPSA) is 75.1 Å². The van der Waals surface area contributed by atoms with Crippen molar-refractivity contribution < 1.29 is 14.6 Å². The SMILES string of the molecule is CCNC(=NCC1(CO)CC1)NCCCc1ccc(OC)c(OCC)c1.I. The predicted octanol–water partition coefficient (Wildman–Crippen LogP) is 2.97. The number of aryl methyl sites for hydroxylation is 1. The lowest BCUT2D eigenvalue weighted by Gasteiger charge is -2.14. The first-order valence-corrected chi connectivity index (χ1v) is 9.59. The minimum Gasteiger partial charge on any atom is -0.493 e. The van der Waals surface area contributed by atoms with E-state index in [4.69, 9.17) is 9.47 Å². The second-order valence-corrected chi connectivity index (χ2v) is 6.80. The molecule has 0 saturated heterocycles. The smallest absolute Gasteiger partial charge is 0.191 e. The van der Waals surface area contributed by atoms with E-state index in [-0.39, 0.29) is 36.0 Å². The van der Waals surface area contributed by atoms with Crippen LogP contribution in [0, 0.1) is 5.41 Å². The Morgan fingerprint density at radius 1 is 1.22 bits per heavy atom. The number of rotatable bonds is 11. The van der Waals surface area contributed by atoms with Crippen molar-refractivity contribution in [3.8, 4) is 11.5 Å². The Morgan fingerprint density at radius 2 is 2.00 bits per heavy atom. The summed E-state index contributed by atoms with van der Waals surface area (Å²) in [4.78, 5) is 4.62. The molecular formula is C20H34IN3O3. The highest BCUT2D eigenvalue weighted by molar-refractivity contribution is 14.0. The van der Waals surface area contributed by atoms with E-state index in [1.807, 2.05) is 13.0 Å². The van der Waals surface area contributed by atoms with Gasteiger partial charge in [0.1, 0.15) is 0 Å². The van der Waals surface area contributed by atoms with E-state index in [0.29, 0.717) is 13.2 Å². The van der Waals surface area contributed by atoms with Gasteiger partial charge in [0.15, 0.2) is 17.5 Å². The third-order valence-corrected chi connectivity index (χ3v) is 4.67. The number of hydrogen-bond acceptors (Lipinski definition) is 4. The molecule has 1 aromatic rings. The number of ether oxygens (including phenoxy) is 2. The Hall–Kier alpha value is -1.22. The zero-order valence-corrected chi connectivity index (χ0v) is 19.0.